The first-order valence-electron chi connectivity index (χ1n) is 4.28. The van der Waals surface area contributed by atoms with E-state index in [2.05, 4.69) is 0 Å². The van der Waals surface area contributed by atoms with Crippen LogP contribution < -0.4 is 5.73 Å². The van der Waals surface area contributed by atoms with Gasteiger partial charge in [0.25, 0.3) is 0 Å². The Bertz CT molecular complexity index is 375. The number of hydrogen-bond acceptors (Lipinski definition) is 3. The lowest BCUT2D eigenvalue weighted by Gasteiger charge is -2.04. The van der Waals surface area contributed by atoms with Crippen LogP contribution in [0, 0.1) is 5.82 Å². The molecule has 3 N–H and O–H groups in total. The maximum atomic E-state index is 12.5. The van der Waals surface area contributed by atoms with Gasteiger partial charge < -0.3 is 10.8 Å². The van der Waals surface area contributed by atoms with Crippen LogP contribution >= 0.6 is 0 Å². The number of aliphatic carboxylic acids is 1. The molecule has 80 valence electrons. The second-order valence-electron chi connectivity index (χ2n) is 3.08. The van der Waals surface area contributed by atoms with Gasteiger partial charge in [0.1, 0.15) is 11.9 Å². The van der Waals surface area contributed by atoms with Crippen LogP contribution in [0.5, 0.6) is 0 Å². The van der Waals surface area contributed by atoms with Crippen LogP contribution in [0.1, 0.15) is 16.8 Å². The molecule has 0 aliphatic rings. The maximum absolute atomic E-state index is 12.5. The molecular weight excluding hydrogens is 201 g/mol. The van der Waals surface area contributed by atoms with Gasteiger partial charge in [-0.3, -0.25) is 9.59 Å². The largest absolute Gasteiger partial charge is 0.480 e. The van der Waals surface area contributed by atoms with E-state index in [9.17, 15) is 14.0 Å². The average Bonchev–Trinajstić information content (AvgIpc) is 2.18. The Morgan fingerprint density at radius 2 is 1.87 bits per heavy atom. The highest BCUT2D eigenvalue weighted by molar-refractivity contribution is 5.98. The molecule has 0 aliphatic carbocycles. The van der Waals surface area contributed by atoms with Crippen molar-refractivity contribution in [2.75, 3.05) is 0 Å². The van der Waals surface area contributed by atoms with Crippen molar-refractivity contribution >= 4 is 11.8 Å². The fourth-order valence-electron chi connectivity index (χ4n) is 1.04. The van der Waals surface area contributed by atoms with Crippen LogP contribution in [-0.4, -0.2) is 22.9 Å². The molecule has 1 atom stereocenters. The van der Waals surface area contributed by atoms with E-state index < -0.39 is 23.6 Å². The van der Waals surface area contributed by atoms with Crippen LogP contribution in [0.2, 0.25) is 0 Å². The molecule has 0 radical (unpaired) electrons. The Morgan fingerprint density at radius 1 is 1.33 bits per heavy atom. The van der Waals surface area contributed by atoms with Crippen molar-refractivity contribution in [3.8, 4) is 0 Å². The van der Waals surface area contributed by atoms with E-state index in [1.807, 2.05) is 0 Å². The van der Waals surface area contributed by atoms with Gasteiger partial charge in [-0.25, -0.2) is 4.39 Å². The van der Waals surface area contributed by atoms with Gasteiger partial charge in [-0.15, -0.1) is 0 Å². The number of halogens is 1. The molecule has 1 aromatic rings. The molecule has 0 heterocycles. The number of carbonyl (C=O) groups is 2. The van der Waals surface area contributed by atoms with Crippen molar-refractivity contribution in [3.05, 3.63) is 35.6 Å². The summed E-state index contributed by atoms with van der Waals surface area (Å²) in [5.41, 5.74) is 5.45. The summed E-state index contributed by atoms with van der Waals surface area (Å²) in [4.78, 5) is 21.8. The molecule has 0 aliphatic heterocycles. The van der Waals surface area contributed by atoms with E-state index in [0.29, 0.717) is 0 Å². The highest BCUT2D eigenvalue weighted by atomic mass is 19.1. The molecule has 0 spiro atoms. The molecule has 1 aromatic carbocycles. The van der Waals surface area contributed by atoms with Gasteiger partial charge in [-0.1, -0.05) is 0 Å². The van der Waals surface area contributed by atoms with Crippen LogP contribution in [-0.2, 0) is 4.79 Å². The summed E-state index contributed by atoms with van der Waals surface area (Å²) in [6.07, 6.45) is -0.291. The number of hydrogen-bond donors (Lipinski definition) is 2. The highest BCUT2D eigenvalue weighted by Gasteiger charge is 2.17. The smallest absolute Gasteiger partial charge is 0.320 e. The van der Waals surface area contributed by atoms with Crippen LogP contribution in [0.3, 0.4) is 0 Å². The number of nitrogens with two attached hydrogens (primary N) is 1. The Hall–Kier alpha value is -1.75. The predicted molar refractivity (Wildman–Crippen MR) is 51.0 cm³/mol. The number of benzene rings is 1. The van der Waals surface area contributed by atoms with Gasteiger partial charge in [0.15, 0.2) is 5.78 Å². The molecule has 0 saturated carbocycles. The second kappa shape index (κ2) is 4.65. The minimum absolute atomic E-state index is 0.258. The number of carboxylic acid groups (broad SMARTS) is 1. The molecule has 0 fully saturated rings. The van der Waals surface area contributed by atoms with Gasteiger partial charge in [0.05, 0.1) is 0 Å². The molecule has 4 nitrogen and oxygen atoms in total. The third-order valence-corrected chi connectivity index (χ3v) is 1.89. The van der Waals surface area contributed by atoms with Crippen LogP contribution in [0.25, 0.3) is 0 Å². The van der Waals surface area contributed by atoms with E-state index in [4.69, 9.17) is 10.8 Å². The zero-order valence-electron chi connectivity index (χ0n) is 7.81. The minimum Gasteiger partial charge on any atom is -0.480 e. The van der Waals surface area contributed by atoms with Gasteiger partial charge in [0, 0.05) is 12.0 Å². The molecule has 5 heteroatoms. The zero-order chi connectivity index (χ0) is 11.4. The molecule has 15 heavy (non-hydrogen) atoms. The highest BCUT2D eigenvalue weighted by Crippen LogP contribution is 2.06. The minimum atomic E-state index is -1.23. The Balaban J connectivity index is 2.69. The third kappa shape index (κ3) is 3.14. The quantitative estimate of drug-likeness (QED) is 0.722. The zero-order valence-corrected chi connectivity index (χ0v) is 7.81. The lowest BCUT2D eigenvalue weighted by Crippen LogP contribution is -2.32. The number of ketones is 1. The van der Waals surface area contributed by atoms with Crippen molar-refractivity contribution in [1.82, 2.24) is 0 Å². The lowest BCUT2D eigenvalue weighted by atomic mass is 10.0. The Morgan fingerprint density at radius 3 is 2.33 bits per heavy atom. The number of rotatable bonds is 4. The van der Waals surface area contributed by atoms with Gasteiger partial charge >= 0.3 is 5.97 Å². The Labute approximate surface area is 85.5 Å². The molecule has 0 saturated heterocycles. The normalized spacial score (nSPS) is 12.1. The summed E-state index contributed by atoms with van der Waals surface area (Å²) in [7, 11) is 0. The molecule has 1 unspecified atom stereocenters. The van der Waals surface area contributed by atoms with Crippen LogP contribution in [0.4, 0.5) is 4.39 Å². The number of Topliss-reactive ketones (excluding diaryl/α,β-unsaturated/α-hetero) is 1. The fraction of sp³-hybridized carbons (Fsp3) is 0.200. The summed E-state index contributed by atoms with van der Waals surface area (Å²) in [5.74, 6) is -2.09. The van der Waals surface area contributed by atoms with Crippen molar-refractivity contribution in [1.29, 1.82) is 0 Å². The fourth-order valence-corrected chi connectivity index (χ4v) is 1.04. The monoisotopic (exact) mass is 211 g/mol. The summed E-state index contributed by atoms with van der Waals surface area (Å²) in [6.45, 7) is 0. The summed E-state index contributed by atoms with van der Waals surface area (Å²) in [6, 6.07) is 3.65. The second-order valence-corrected chi connectivity index (χ2v) is 3.08. The first kappa shape index (κ1) is 11.3. The first-order chi connectivity index (χ1) is 7.00. The number of carboxylic acids is 1. The standard InChI is InChI=1S/C10H10FNO3/c11-7-3-1-6(2-4-7)9(13)5-8(12)10(14)15/h1-4,8H,5,12H2,(H,14,15). The third-order valence-electron chi connectivity index (χ3n) is 1.89. The molecular formula is C10H10FNO3. The van der Waals surface area contributed by atoms with E-state index >= 15 is 0 Å². The predicted octanol–water partition coefficient (Wildman–Crippen LogP) is 0.810. The summed E-state index contributed by atoms with van der Waals surface area (Å²) >= 11 is 0. The van der Waals surface area contributed by atoms with E-state index in [1.54, 1.807) is 0 Å². The summed E-state index contributed by atoms with van der Waals surface area (Å²) in [5, 5.41) is 8.48. The molecule has 0 amide bonds. The van der Waals surface area contributed by atoms with Gasteiger partial charge in [-0.2, -0.15) is 0 Å². The number of carbonyl (C=O) groups excluding carboxylic acids is 1. The van der Waals surface area contributed by atoms with Crippen molar-refractivity contribution in [2.24, 2.45) is 5.73 Å². The summed E-state index contributed by atoms with van der Waals surface area (Å²) < 4.78 is 12.5. The SMILES string of the molecule is NC(CC(=O)c1ccc(F)cc1)C(=O)O. The van der Waals surface area contributed by atoms with Crippen molar-refractivity contribution in [3.63, 3.8) is 0 Å². The first-order valence-corrected chi connectivity index (χ1v) is 4.28. The van der Waals surface area contributed by atoms with E-state index in [0.717, 1.165) is 12.1 Å². The van der Waals surface area contributed by atoms with Gasteiger partial charge in [0.2, 0.25) is 0 Å². The maximum Gasteiger partial charge on any atom is 0.320 e. The topological polar surface area (TPSA) is 80.4 Å². The Kier molecular flexibility index (Phi) is 3.51. The van der Waals surface area contributed by atoms with Crippen molar-refractivity contribution < 1.29 is 19.1 Å². The molecule has 0 bridgehead atoms. The van der Waals surface area contributed by atoms with Crippen molar-refractivity contribution in [2.45, 2.75) is 12.5 Å². The van der Waals surface area contributed by atoms with E-state index in [1.165, 1.54) is 12.1 Å². The van der Waals surface area contributed by atoms with Gasteiger partial charge in [-0.05, 0) is 24.3 Å². The van der Waals surface area contributed by atoms with Crippen LogP contribution in [0.15, 0.2) is 24.3 Å². The average molecular weight is 211 g/mol. The molecule has 0 aromatic heterocycles. The molecule has 1 rings (SSSR count). The van der Waals surface area contributed by atoms with E-state index in [-0.39, 0.29) is 12.0 Å². The lowest BCUT2D eigenvalue weighted by molar-refractivity contribution is -0.138.